The Morgan fingerprint density at radius 1 is 1.38 bits per heavy atom. The van der Waals surface area contributed by atoms with Crippen molar-refractivity contribution in [3.63, 3.8) is 0 Å². The van der Waals surface area contributed by atoms with Crippen LogP contribution in [-0.2, 0) is 4.43 Å². The van der Waals surface area contributed by atoms with Crippen molar-refractivity contribution in [3.8, 4) is 0 Å². The second-order valence-corrected chi connectivity index (χ2v) is 7.16. The molecule has 0 saturated heterocycles. The van der Waals surface area contributed by atoms with E-state index < -0.39 is 8.32 Å². The molecule has 0 N–H and O–H groups in total. The summed E-state index contributed by atoms with van der Waals surface area (Å²) in [4.78, 5) is 0. The van der Waals surface area contributed by atoms with Gasteiger partial charge in [0, 0.05) is 0 Å². The maximum absolute atomic E-state index is 5.34. The predicted octanol–water partition coefficient (Wildman–Crippen LogP) is 1.48. The molecule has 42 valence electrons. The van der Waals surface area contributed by atoms with Gasteiger partial charge in [0.25, 0.3) is 0 Å². The molecule has 0 aliphatic carbocycles. The van der Waals surface area contributed by atoms with E-state index in [4.69, 9.17) is 4.43 Å². The Bertz CT molecular complexity index is 84.9. The van der Waals surface area contributed by atoms with Crippen molar-refractivity contribution < 1.29 is 4.43 Å². The Hall–Kier alpha value is 0.354. The molecule has 0 fully saturated rings. The number of rotatable bonds is 2. The van der Waals surface area contributed by atoms with Gasteiger partial charge in [-0.25, -0.2) is 0 Å². The summed E-state index contributed by atoms with van der Waals surface area (Å²) in [7, 11) is -1.26. The SMILES string of the molecule is [Li][CH]=CO[Si](C)(C)C. The van der Waals surface area contributed by atoms with Crippen molar-refractivity contribution in [1.29, 1.82) is 0 Å². The van der Waals surface area contributed by atoms with Crippen LogP contribution in [0.15, 0.2) is 11.0 Å². The minimum atomic E-state index is -1.26. The van der Waals surface area contributed by atoms with E-state index in [2.05, 4.69) is 19.6 Å². The molecule has 0 aliphatic rings. The first kappa shape index (κ1) is 8.35. The predicted molar refractivity (Wildman–Crippen MR) is 39.3 cm³/mol. The van der Waals surface area contributed by atoms with Gasteiger partial charge >= 0.3 is 61.1 Å². The van der Waals surface area contributed by atoms with Gasteiger partial charge in [0.05, 0.1) is 0 Å². The van der Waals surface area contributed by atoms with Crippen molar-refractivity contribution >= 4 is 26.0 Å². The Morgan fingerprint density at radius 3 is 2.00 bits per heavy atom. The van der Waals surface area contributed by atoms with Crippen LogP contribution in [0.2, 0.25) is 19.6 Å². The van der Waals surface area contributed by atoms with Crippen LogP contribution in [0.3, 0.4) is 0 Å². The average molecular weight is 122 g/mol. The molecule has 0 atom stereocenters. The molecule has 0 aromatic carbocycles. The standard InChI is InChI=1S/C5H11OSi.Li/c1-5-6-7(2,3)4;/h1,5H,2-4H3;. The van der Waals surface area contributed by atoms with Gasteiger partial charge in [-0.2, -0.15) is 0 Å². The summed E-state index contributed by atoms with van der Waals surface area (Å²) in [6.07, 6.45) is 1.77. The summed E-state index contributed by atoms with van der Waals surface area (Å²) in [5, 5.41) is 0. The Balaban J connectivity index is 3.39. The maximum atomic E-state index is 5.34. The van der Waals surface area contributed by atoms with Crippen LogP contribution in [0.25, 0.3) is 0 Å². The molecular formula is C5H11LiOSi. The molecule has 0 spiro atoms. The molecule has 0 radical (unpaired) electrons. The van der Waals surface area contributed by atoms with E-state index in [1.54, 1.807) is 6.26 Å². The first-order valence-corrected chi connectivity index (χ1v) is 6.26. The molecule has 0 heterocycles. The Morgan fingerprint density at radius 2 is 1.88 bits per heavy atom. The zero-order valence-corrected chi connectivity index (χ0v) is 7.06. The van der Waals surface area contributed by atoms with Crippen LogP contribution in [0, 0.1) is 0 Å². The fraction of sp³-hybridized carbons (Fsp3) is 0.600. The van der Waals surface area contributed by atoms with Crippen LogP contribution < -0.4 is 0 Å². The third-order valence-electron chi connectivity index (χ3n) is 0.558. The molecule has 1 nitrogen and oxygen atoms in total. The summed E-state index contributed by atoms with van der Waals surface area (Å²) < 4.78 is 7.25. The first-order chi connectivity index (χ1) is 3.56. The molecule has 3 heteroatoms. The summed E-state index contributed by atoms with van der Waals surface area (Å²) in [6, 6.07) is 0. The van der Waals surface area contributed by atoms with Crippen LogP contribution in [0.4, 0.5) is 0 Å². The van der Waals surface area contributed by atoms with Gasteiger partial charge in [-0.05, 0) is 0 Å². The van der Waals surface area contributed by atoms with E-state index >= 15 is 0 Å². The molecule has 0 rings (SSSR count). The summed E-state index contributed by atoms with van der Waals surface area (Å²) in [5.74, 6) is 0. The topological polar surface area (TPSA) is 9.23 Å². The van der Waals surface area contributed by atoms with Crippen molar-refractivity contribution in [2.75, 3.05) is 0 Å². The molecule has 0 bridgehead atoms. The van der Waals surface area contributed by atoms with Crippen LogP contribution in [0.5, 0.6) is 0 Å². The van der Waals surface area contributed by atoms with Crippen LogP contribution in [-0.4, -0.2) is 26.0 Å². The molecule has 0 aromatic rings. The van der Waals surface area contributed by atoms with Gasteiger partial charge in [-0.1, -0.05) is 0 Å². The summed E-state index contributed by atoms with van der Waals surface area (Å²) >= 11 is 1.96. The van der Waals surface area contributed by atoms with Crippen molar-refractivity contribution in [1.82, 2.24) is 0 Å². The zero-order valence-electron chi connectivity index (χ0n) is 6.06. The molecule has 8 heavy (non-hydrogen) atoms. The minimum absolute atomic E-state index is 1.26. The third kappa shape index (κ3) is 6.35. The summed E-state index contributed by atoms with van der Waals surface area (Å²) in [5.41, 5.74) is 0. The van der Waals surface area contributed by atoms with E-state index in [1.807, 2.05) is 22.5 Å². The van der Waals surface area contributed by atoms with Crippen LogP contribution in [0.1, 0.15) is 0 Å². The Labute approximate surface area is 61.4 Å². The van der Waals surface area contributed by atoms with E-state index in [0.717, 1.165) is 0 Å². The van der Waals surface area contributed by atoms with Crippen molar-refractivity contribution in [3.05, 3.63) is 11.0 Å². The fourth-order valence-electron chi connectivity index (χ4n) is 0.272. The van der Waals surface area contributed by atoms with E-state index in [1.165, 1.54) is 0 Å². The molecule has 0 aromatic heterocycles. The first-order valence-electron chi connectivity index (χ1n) is 2.85. The molecule has 0 amide bonds. The Kier molecular flexibility index (Phi) is 3.54. The number of hydrogen-bond donors (Lipinski definition) is 0. The van der Waals surface area contributed by atoms with Crippen molar-refractivity contribution in [2.45, 2.75) is 19.6 Å². The molecule has 0 saturated carbocycles. The van der Waals surface area contributed by atoms with Crippen LogP contribution >= 0.6 is 0 Å². The molecule has 0 unspecified atom stereocenters. The third-order valence-corrected chi connectivity index (χ3v) is 1.40. The van der Waals surface area contributed by atoms with Crippen molar-refractivity contribution in [2.24, 2.45) is 0 Å². The van der Waals surface area contributed by atoms with Gasteiger partial charge in [-0.15, -0.1) is 0 Å². The van der Waals surface area contributed by atoms with Gasteiger partial charge in [0.2, 0.25) is 0 Å². The van der Waals surface area contributed by atoms with Gasteiger partial charge in [0.15, 0.2) is 0 Å². The monoisotopic (exact) mass is 122 g/mol. The molecule has 0 aliphatic heterocycles. The quantitative estimate of drug-likeness (QED) is 0.398. The van der Waals surface area contributed by atoms with E-state index in [-0.39, 0.29) is 0 Å². The van der Waals surface area contributed by atoms with E-state index in [9.17, 15) is 0 Å². The zero-order chi connectivity index (χ0) is 6.62. The molecular weight excluding hydrogens is 111 g/mol. The fourth-order valence-corrected chi connectivity index (χ4v) is 0.816. The second kappa shape index (κ2) is 3.39. The number of hydrogen-bond acceptors (Lipinski definition) is 1. The average Bonchev–Trinajstić information content (AvgIpc) is 1.59. The second-order valence-electron chi connectivity index (χ2n) is 2.70. The van der Waals surface area contributed by atoms with Gasteiger partial charge < -0.3 is 0 Å². The van der Waals surface area contributed by atoms with Gasteiger partial charge in [0.1, 0.15) is 0 Å². The normalized spacial score (nSPS) is 12.6. The summed E-state index contributed by atoms with van der Waals surface area (Å²) in [6.45, 7) is 6.48. The van der Waals surface area contributed by atoms with E-state index in [0.29, 0.717) is 0 Å². The van der Waals surface area contributed by atoms with Gasteiger partial charge in [-0.3, -0.25) is 0 Å².